The molecule has 6 heteroatoms. The minimum atomic E-state index is -0.609. The number of amides is 2. The van der Waals surface area contributed by atoms with E-state index in [1.54, 1.807) is 51.1 Å². The molecule has 0 aliphatic carbocycles. The lowest BCUT2D eigenvalue weighted by molar-refractivity contribution is -0.143. The van der Waals surface area contributed by atoms with Crippen molar-refractivity contribution in [3.8, 4) is 5.75 Å². The monoisotopic (exact) mass is 359 g/mol. The third kappa shape index (κ3) is 4.71. The average molecular weight is 359 g/mol. The Bertz CT molecular complexity index is 713. The topological polar surface area (TPSA) is 72.9 Å². The average Bonchev–Trinajstić information content (AvgIpc) is 2.95. The van der Waals surface area contributed by atoms with Crippen molar-refractivity contribution in [3.63, 3.8) is 0 Å². The summed E-state index contributed by atoms with van der Waals surface area (Å²) in [5.41, 5.74) is 0.171. The van der Waals surface area contributed by atoms with Gasteiger partial charge in [-0.25, -0.2) is 9.69 Å². The largest absolute Gasteiger partial charge is 0.447 e. The third-order valence-corrected chi connectivity index (χ3v) is 4.03. The maximum atomic E-state index is 12.3. The van der Waals surface area contributed by atoms with Crippen molar-refractivity contribution in [1.29, 1.82) is 0 Å². The van der Waals surface area contributed by atoms with E-state index in [4.69, 9.17) is 9.47 Å². The van der Waals surface area contributed by atoms with Crippen molar-refractivity contribution in [2.45, 2.75) is 40.7 Å². The van der Waals surface area contributed by atoms with Crippen LogP contribution in [-0.4, -0.2) is 35.5 Å². The van der Waals surface area contributed by atoms with Gasteiger partial charge in [0.1, 0.15) is 12.4 Å². The first kappa shape index (κ1) is 19.7. The van der Waals surface area contributed by atoms with Crippen LogP contribution < -0.4 is 4.74 Å². The Morgan fingerprint density at radius 2 is 1.85 bits per heavy atom. The highest BCUT2D eigenvalue weighted by Crippen LogP contribution is 2.22. The zero-order valence-electron chi connectivity index (χ0n) is 15.8. The minimum Gasteiger partial charge on any atom is -0.447 e. The fourth-order valence-electron chi connectivity index (χ4n) is 2.34. The van der Waals surface area contributed by atoms with E-state index in [9.17, 15) is 14.4 Å². The van der Waals surface area contributed by atoms with E-state index in [2.05, 4.69) is 0 Å². The summed E-state index contributed by atoms with van der Waals surface area (Å²) in [6, 6.07) is 6.54. The summed E-state index contributed by atoms with van der Waals surface area (Å²) in [7, 11) is 0. The molecule has 0 bridgehead atoms. The van der Waals surface area contributed by atoms with E-state index < -0.39 is 17.4 Å². The smallest absolute Gasteiger partial charge is 0.417 e. The molecule has 0 spiro atoms. The zero-order valence-corrected chi connectivity index (χ0v) is 15.8. The van der Waals surface area contributed by atoms with Gasteiger partial charge in [0.25, 0.3) is 5.91 Å². The first-order chi connectivity index (χ1) is 12.1. The molecule has 26 heavy (non-hydrogen) atoms. The predicted octanol–water partition coefficient (Wildman–Crippen LogP) is 3.65. The van der Waals surface area contributed by atoms with Gasteiger partial charge in [-0.05, 0) is 50.5 Å². The van der Waals surface area contributed by atoms with Crippen LogP contribution in [0.2, 0.25) is 0 Å². The van der Waals surface area contributed by atoms with Crippen molar-refractivity contribution in [3.05, 3.63) is 35.9 Å². The van der Waals surface area contributed by atoms with Crippen molar-refractivity contribution in [2.75, 3.05) is 6.61 Å². The van der Waals surface area contributed by atoms with Gasteiger partial charge in [-0.1, -0.05) is 26.0 Å². The number of imide groups is 1. The summed E-state index contributed by atoms with van der Waals surface area (Å²) in [5, 5.41) is 0. The SMILES string of the molecule is CC(C)[C@H]1COC(=O)N1C(=O)C=Cc1ccc(OC(=O)C(C)(C)C)cc1. The second kappa shape index (κ2) is 7.72. The lowest BCUT2D eigenvalue weighted by Gasteiger charge is -2.21. The van der Waals surface area contributed by atoms with E-state index in [-0.39, 0.29) is 24.5 Å². The maximum absolute atomic E-state index is 12.3. The Kier molecular flexibility index (Phi) is 5.85. The highest BCUT2D eigenvalue weighted by Gasteiger charge is 2.38. The molecule has 1 aliphatic rings. The van der Waals surface area contributed by atoms with Crippen LogP contribution in [0.3, 0.4) is 0 Å². The molecule has 0 N–H and O–H groups in total. The van der Waals surface area contributed by atoms with Crippen LogP contribution in [0, 0.1) is 11.3 Å². The lowest BCUT2D eigenvalue weighted by atomic mass is 9.97. The fraction of sp³-hybridized carbons (Fsp3) is 0.450. The number of esters is 1. The molecular weight excluding hydrogens is 334 g/mol. The number of carbonyl (C=O) groups excluding carboxylic acids is 3. The number of hydrogen-bond acceptors (Lipinski definition) is 5. The van der Waals surface area contributed by atoms with Crippen molar-refractivity contribution < 1.29 is 23.9 Å². The van der Waals surface area contributed by atoms with Crippen LogP contribution in [-0.2, 0) is 14.3 Å². The second-order valence-corrected chi connectivity index (χ2v) is 7.64. The van der Waals surface area contributed by atoms with Gasteiger partial charge >= 0.3 is 12.1 Å². The molecule has 1 aliphatic heterocycles. The van der Waals surface area contributed by atoms with E-state index in [0.29, 0.717) is 5.75 Å². The van der Waals surface area contributed by atoms with Crippen LogP contribution >= 0.6 is 0 Å². The molecule has 1 atom stereocenters. The first-order valence-electron chi connectivity index (χ1n) is 8.60. The third-order valence-electron chi connectivity index (χ3n) is 4.03. The van der Waals surface area contributed by atoms with Crippen molar-refractivity contribution in [2.24, 2.45) is 11.3 Å². The molecule has 140 valence electrons. The van der Waals surface area contributed by atoms with Gasteiger partial charge in [0.2, 0.25) is 0 Å². The number of ether oxygens (including phenoxy) is 2. The fourth-order valence-corrected chi connectivity index (χ4v) is 2.34. The van der Waals surface area contributed by atoms with Crippen molar-refractivity contribution >= 4 is 24.0 Å². The van der Waals surface area contributed by atoms with Crippen LogP contribution in [0.5, 0.6) is 5.75 Å². The molecular formula is C20H25NO5. The van der Waals surface area contributed by atoms with Gasteiger partial charge < -0.3 is 9.47 Å². The molecule has 1 aromatic rings. The number of hydrogen-bond donors (Lipinski definition) is 0. The summed E-state index contributed by atoms with van der Waals surface area (Å²) in [6.07, 6.45) is 2.35. The molecule has 0 aromatic heterocycles. The van der Waals surface area contributed by atoms with E-state index >= 15 is 0 Å². The van der Waals surface area contributed by atoms with Gasteiger partial charge in [0.05, 0.1) is 11.5 Å². The maximum Gasteiger partial charge on any atom is 0.417 e. The molecule has 0 saturated carbocycles. The normalized spacial score (nSPS) is 17.7. The van der Waals surface area contributed by atoms with E-state index in [1.807, 2.05) is 13.8 Å². The molecule has 6 nitrogen and oxygen atoms in total. The van der Waals surface area contributed by atoms with Crippen LogP contribution in [0.1, 0.15) is 40.2 Å². The zero-order chi connectivity index (χ0) is 19.5. The van der Waals surface area contributed by atoms with E-state index in [1.165, 1.54) is 6.08 Å². The van der Waals surface area contributed by atoms with Crippen LogP contribution in [0.15, 0.2) is 30.3 Å². The molecule has 1 saturated heterocycles. The van der Waals surface area contributed by atoms with Crippen LogP contribution in [0.25, 0.3) is 6.08 Å². The Morgan fingerprint density at radius 1 is 1.23 bits per heavy atom. The molecule has 2 amide bonds. The molecule has 1 heterocycles. The van der Waals surface area contributed by atoms with E-state index in [0.717, 1.165) is 10.5 Å². The number of rotatable bonds is 4. The second-order valence-electron chi connectivity index (χ2n) is 7.64. The number of carbonyl (C=O) groups is 3. The van der Waals surface area contributed by atoms with Gasteiger partial charge in [-0.15, -0.1) is 0 Å². The highest BCUT2D eigenvalue weighted by molar-refractivity contribution is 6.02. The van der Waals surface area contributed by atoms with Gasteiger partial charge in [0, 0.05) is 6.08 Å². The number of cyclic esters (lactones) is 1. The summed E-state index contributed by atoms with van der Waals surface area (Å²) in [5.74, 6) is -0.162. The molecule has 1 fully saturated rings. The Labute approximate surface area is 153 Å². The number of nitrogens with zero attached hydrogens (tertiary/aromatic N) is 1. The van der Waals surface area contributed by atoms with Gasteiger partial charge in [-0.2, -0.15) is 0 Å². The van der Waals surface area contributed by atoms with Crippen molar-refractivity contribution in [1.82, 2.24) is 4.90 Å². The summed E-state index contributed by atoms with van der Waals surface area (Å²) in [4.78, 5) is 37.1. The summed E-state index contributed by atoms with van der Waals surface area (Å²) < 4.78 is 10.3. The molecule has 0 radical (unpaired) electrons. The quantitative estimate of drug-likeness (QED) is 0.466. The molecule has 2 rings (SSSR count). The standard InChI is InChI=1S/C20H25NO5/c1-13(2)16-12-25-19(24)21(16)17(22)11-8-14-6-9-15(10-7-14)26-18(23)20(3,4)5/h6-11,13,16H,12H2,1-5H3/t16-/m1/s1. The Hall–Kier alpha value is -2.63. The first-order valence-corrected chi connectivity index (χ1v) is 8.60. The van der Waals surface area contributed by atoms with Gasteiger partial charge in [-0.3, -0.25) is 9.59 Å². The molecule has 0 unspecified atom stereocenters. The van der Waals surface area contributed by atoms with Crippen LogP contribution in [0.4, 0.5) is 4.79 Å². The highest BCUT2D eigenvalue weighted by atomic mass is 16.6. The lowest BCUT2D eigenvalue weighted by Crippen LogP contribution is -2.40. The minimum absolute atomic E-state index is 0.121. The number of benzene rings is 1. The Morgan fingerprint density at radius 3 is 2.38 bits per heavy atom. The summed E-state index contributed by atoms with van der Waals surface area (Å²) >= 11 is 0. The Balaban J connectivity index is 2.03. The van der Waals surface area contributed by atoms with Gasteiger partial charge in [0.15, 0.2) is 0 Å². The summed E-state index contributed by atoms with van der Waals surface area (Å²) in [6.45, 7) is 9.45. The predicted molar refractivity (Wildman–Crippen MR) is 97.4 cm³/mol. The molecule has 1 aromatic carbocycles.